The van der Waals surface area contributed by atoms with Crippen LogP contribution in [0.25, 0.3) is 5.69 Å². The van der Waals surface area contributed by atoms with Crippen LogP contribution >= 0.6 is 23.4 Å². The first-order chi connectivity index (χ1) is 19.8. The van der Waals surface area contributed by atoms with Crippen molar-refractivity contribution < 1.29 is 31.9 Å². The Morgan fingerprint density at radius 3 is 2.43 bits per heavy atom. The lowest BCUT2D eigenvalue weighted by molar-refractivity contribution is -0.140. The minimum Gasteiger partial charge on any atom is -0.480 e. The molecule has 1 amide bonds. The summed E-state index contributed by atoms with van der Waals surface area (Å²) in [6, 6.07) is 5.88. The minimum atomic E-state index is -4.22. The zero-order valence-electron chi connectivity index (χ0n) is 23.0. The molecule has 0 saturated heterocycles. The molecule has 0 bridgehead atoms. The third-order valence-electron chi connectivity index (χ3n) is 6.91. The number of amides is 1. The quantitative estimate of drug-likeness (QED) is 0.244. The normalized spacial score (nSPS) is 14.2. The first-order valence-corrected chi connectivity index (χ1v) is 16.0. The van der Waals surface area contributed by atoms with Crippen LogP contribution in [0.1, 0.15) is 55.6 Å². The van der Waals surface area contributed by atoms with Crippen molar-refractivity contribution in [2.75, 3.05) is 11.1 Å². The lowest BCUT2D eigenvalue weighted by Crippen LogP contribution is -2.44. The Kier molecular flexibility index (Phi) is 9.91. The standard InChI is InChI=1S/C27H30ClF2N5O5S2/c1-14(2)23(26(37)38)34-42(39,40)16-9-10-20(19(28)12-16)31-22(36)13-41-27-33-32-25(24(29)30)35(27)21-11-8-15(3)17-6-4-5-7-18(17)21/h8-12,14,23-24,34H,4-7,13H2,1-3H3,(H,31,36)(H,37,38). The van der Waals surface area contributed by atoms with E-state index in [1.165, 1.54) is 16.7 Å². The molecule has 0 aliphatic heterocycles. The largest absolute Gasteiger partial charge is 0.480 e. The molecule has 3 N–H and O–H groups in total. The van der Waals surface area contributed by atoms with Crippen molar-refractivity contribution in [2.45, 2.75) is 69.0 Å². The highest BCUT2D eigenvalue weighted by atomic mass is 35.5. The van der Waals surface area contributed by atoms with Gasteiger partial charge in [-0.1, -0.05) is 43.3 Å². The highest BCUT2D eigenvalue weighted by Gasteiger charge is 2.29. The summed E-state index contributed by atoms with van der Waals surface area (Å²) in [6.07, 6.45) is 0.688. The highest BCUT2D eigenvalue weighted by Crippen LogP contribution is 2.35. The number of carboxylic acids is 1. The molecule has 3 aromatic rings. The molecule has 1 aliphatic rings. The van der Waals surface area contributed by atoms with Gasteiger partial charge in [0.25, 0.3) is 6.43 Å². The molecule has 0 fully saturated rings. The molecule has 1 heterocycles. The van der Waals surface area contributed by atoms with Crippen LogP contribution in [-0.4, -0.2) is 52.0 Å². The Morgan fingerprint density at radius 2 is 1.81 bits per heavy atom. The van der Waals surface area contributed by atoms with Gasteiger partial charge in [-0.05, 0) is 79.5 Å². The number of sulfonamides is 1. The number of aliphatic carboxylic acids is 1. The summed E-state index contributed by atoms with van der Waals surface area (Å²) in [5.74, 6) is -3.10. The van der Waals surface area contributed by atoms with Crippen LogP contribution in [-0.2, 0) is 32.5 Å². The van der Waals surface area contributed by atoms with E-state index in [4.69, 9.17) is 11.6 Å². The number of carboxylic acid groups (broad SMARTS) is 1. The summed E-state index contributed by atoms with van der Waals surface area (Å²) >= 11 is 7.17. The second-order valence-corrected chi connectivity index (χ2v) is 13.3. The molecule has 0 radical (unpaired) electrons. The number of aromatic nitrogens is 3. The summed E-state index contributed by atoms with van der Waals surface area (Å²) in [5, 5.41) is 19.6. The smallest absolute Gasteiger partial charge is 0.322 e. The molecule has 226 valence electrons. The number of anilines is 1. The molecule has 1 aliphatic carbocycles. The maximum Gasteiger partial charge on any atom is 0.322 e. The average molecular weight is 642 g/mol. The van der Waals surface area contributed by atoms with Crippen molar-refractivity contribution in [3.05, 3.63) is 57.9 Å². The number of alkyl halides is 2. The first kappa shape index (κ1) is 31.9. The molecule has 0 spiro atoms. The predicted octanol–water partition coefficient (Wildman–Crippen LogP) is 5.16. The number of nitrogens with zero attached hydrogens (tertiary/aromatic N) is 3. The Morgan fingerprint density at radius 1 is 1.12 bits per heavy atom. The van der Waals surface area contributed by atoms with Crippen molar-refractivity contribution in [2.24, 2.45) is 5.92 Å². The second kappa shape index (κ2) is 13.1. The zero-order chi connectivity index (χ0) is 30.8. The minimum absolute atomic E-state index is 0.0953. The summed E-state index contributed by atoms with van der Waals surface area (Å²) < 4.78 is 56.7. The average Bonchev–Trinajstić information content (AvgIpc) is 3.36. The molecule has 15 heteroatoms. The van der Waals surface area contributed by atoms with Crippen LogP contribution in [0, 0.1) is 12.8 Å². The number of benzene rings is 2. The fourth-order valence-electron chi connectivity index (χ4n) is 4.77. The number of halogens is 3. The van der Waals surface area contributed by atoms with Crippen molar-refractivity contribution >= 4 is 50.9 Å². The number of carbonyl (C=O) groups is 2. The monoisotopic (exact) mass is 641 g/mol. The summed E-state index contributed by atoms with van der Waals surface area (Å²) in [6.45, 7) is 5.13. The van der Waals surface area contributed by atoms with E-state index in [1.807, 2.05) is 13.0 Å². The van der Waals surface area contributed by atoms with Crippen LogP contribution in [0.3, 0.4) is 0 Å². The predicted molar refractivity (Wildman–Crippen MR) is 155 cm³/mol. The van der Waals surface area contributed by atoms with Gasteiger partial charge >= 0.3 is 5.97 Å². The van der Waals surface area contributed by atoms with Gasteiger partial charge in [-0.25, -0.2) is 17.2 Å². The summed E-state index contributed by atoms with van der Waals surface area (Å²) in [4.78, 5) is 23.9. The maximum atomic E-state index is 13.9. The SMILES string of the molecule is Cc1ccc(-n2c(SCC(=O)Nc3ccc(S(=O)(=O)NC(C(=O)O)C(C)C)cc3Cl)nnc2C(F)F)c2c1CCCC2. The van der Waals surface area contributed by atoms with Crippen LogP contribution in [0.15, 0.2) is 40.4 Å². The third-order valence-corrected chi connectivity index (χ3v) is 9.59. The number of thioether (sulfide) groups is 1. The summed E-state index contributed by atoms with van der Waals surface area (Å²) in [5.41, 5.74) is 3.91. The lowest BCUT2D eigenvalue weighted by atomic mass is 9.87. The number of aryl methyl sites for hydroxylation is 1. The van der Waals surface area contributed by atoms with Gasteiger partial charge in [-0.3, -0.25) is 14.2 Å². The van der Waals surface area contributed by atoms with Crippen molar-refractivity contribution in [1.29, 1.82) is 0 Å². The van der Waals surface area contributed by atoms with E-state index in [2.05, 4.69) is 20.2 Å². The molecule has 2 aromatic carbocycles. The molecular weight excluding hydrogens is 612 g/mol. The molecule has 4 rings (SSSR count). The van der Waals surface area contributed by atoms with E-state index in [1.54, 1.807) is 19.9 Å². The fraction of sp³-hybridized carbons (Fsp3) is 0.407. The molecule has 1 atom stereocenters. The zero-order valence-corrected chi connectivity index (χ0v) is 25.4. The van der Waals surface area contributed by atoms with E-state index < -0.39 is 46.1 Å². The molecule has 10 nitrogen and oxygen atoms in total. The van der Waals surface area contributed by atoms with Gasteiger partial charge in [-0.2, -0.15) is 4.72 Å². The third kappa shape index (κ3) is 6.93. The Balaban J connectivity index is 1.51. The van der Waals surface area contributed by atoms with E-state index in [-0.39, 0.29) is 26.5 Å². The molecular formula is C27H30ClF2N5O5S2. The second-order valence-electron chi connectivity index (χ2n) is 10.2. The number of hydrogen-bond donors (Lipinski definition) is 3. The van der Waals surface area contributed by atoms with Crippen molar-refractivity contribution in [3.63, 3.8) is 0 Å². The number of fused-ring (bicyclic) bond motifs is 1. The van der Waals surface area contributed by atoms with Crippen molar-refractivity contribution in [3.8, 4) is 5.69 Å². The van der Waals surface area contributed by atoms with Crippen LogP contribution in [0.2, 0.25) is 5.02 Å². The van der Waals surface area contributed by atoms with Gasteiger partial charge in [0.1, 0.15) is 6.04 Å². The molecule has 0 saturated carbocycles. The number of nitrogens with one attached hydrogen (secondary N) is 2. The van der Waals surface area contributed by atoms with Gasteiger partial charge in [0, 0.05) is 0 Å². The Labute approximate surface area is 251 Å². The lowest BCUT2D eigenvalue weighted by Gasteiger charge is -2.23. The van der Waals surface area contributed by atoms with E-state index >= 15 is 0 Å². The van der Waals surface area contributed by atoms with Gasteiger partial charge < -0.3 is 10.4 Å². The topological polar surface area (TPSA) is 143 Å². The Hall–Kier alpha value is -3.07. The molecule has 42 heavy (non-hydrogen) atoms. The molecule has 1 aromatic heterocycles. The van der Waals surface area contributed by atoms with Crippen LogP contribution in [0.4, 0.5) is 14.5 Å². The molecule has 1 unspecified atom stereocenters. The maximum absolute atomic E-state index is 13.9. The van der Waals surface area contributed by atoms with Gasteiger partial charge in [0.15, 0.2) is 5.16 Å². The van der Waals surface area contributed by atoms with Crippen LogP contribution < -0.4 is 10.0 Å². The van der Waals surface area contributed by atoms with Gasteiger partial charge in [0.2, 0.25) is 21.8 Å². The summed E-state index contributed by atoms with van der Waals surface area (Å²) in [7, 11) is -4.22. The van der Waals surface area contributed by atoms with Gasteiger partial charge in [-0.15, -0.1) is 10.2 Å². The first-order valence-electron chi connectivity index (χ1n) is 13.1. The van der Waals surface area contributed by atoms with Crippen LogP contribution in [0.5, 0.6) is 0 Å². The highest BCUT2D eigenvalue weighted by molar-refractivity contribution is 7.99. The number of rotatable bonds is 11. The van der Waals surface area contributed by atoms with E-state index in [0.29, 0.717) is 5.69 Å². The van der Waals surface area contributed by atoms with Gasteiger partial charge in [0.05, 0.1) is 27.0 Å². The van der Waals surface area contributed by atoms with E-state index in [9.17, 15) is 31.9 Å². The number of carbonyl (C=O) groups excluding carboxylic acids is 1. The van der Waals surface area contributed by atoms with E-state index in [0.717, 1.165) is 60.2 Å². The van der Waals surface area contributed by atoms with Crippen molar-refractivity contribution in [1.82, 2.24) is 19.5 Å². The Bertz CT molecular complexity index is 1610. The number of hydrogen-bond acceptors (Lipinski definition) is 7. The fourth-order valence-corrected chi connectivity index (χ4v) is 7.18.